The maximum atomic E-state index is 13.0. The van der Waals surface area contributed by atoms with Crippen LogP contribution < -0.4 is 14.8 Å². The molecule has 2 aliphatic rings. The van der Waals surface area contributed by atoms with Crippen molar-refractivity contribution < 1.29 is 14.6 Å². The molecule has 0 bridgehead atoms. The van der Waals surface area contributed by atoms with Crippen LogP contribution in [-0.4, -0.2) is 47.3 Å². The van der Waals surface area contributed by atoms with Crippen molar-refractivity contribution in [2.45, 2.75) is 49.5 Å². The first kappa shape index (κ1) is 24.1. The summed E-state index contributed by atoms with van der Waals surface area (Å²) in [6.45, 7) is 3.89. The van der Waals surface area contributed by atoms with Gasteiger partial charge >= 0.3 is 6.03 Å². The van der Waals surface area contributed by atoms with E-state index in [1.807, 2.05) is 12.1 Å². The second-order valence-electron chi connectivity index (χ2n) is 9.18. The van der Waals surface area contributed by atoms with E-state index in [9.17, 15) is 9.90 Å². The third kappa shape index (κ3) is 5.64. The fourth-order valence-electron chi connectivity index (χ4n) is 4.64. The van der Waals surface area contributed by atoms with Crippen molar-refractivity contribution in [1.82, 2.24) is 14.6 Å². The van der Waals surface area contributed by atoms with Crippen LogP contribution in [0.2, 0.25) is 0 Å². The fraction of sp³-hybridized carbons (Fsp3) is 0.385. The van der Waals surface area contributed by atoms with Crippen LogP contribution in [0, 0.1) is 0 Å². The zero-order valence-electron chi connectivity index (χ0n) is 20.0. The quantitative estimate of drug-likeness (QED) is 0.393. The molecule has 2 aromatic heterocycles. The number of pyridine rings is 1. The Hall–Kier alpha value is -2.59. The lowest BCUT2D eigenvalue weighted by atomic mass is 9.98. The standard InChI is InChI=1S/C26H30N4O3S2/c1-16(31)15-33-23-12-18(8-10-27-23)21-7-6-17-4-3-5-20(17)25(21)28-26(32)29-35-24-13-19-14-30(2)11-9-22(19)34-24/h6-8,10,12-13,16,31H,3-5,9,11,14-15H2,1-2H3,(H2,28,29,32). The predicted molar refractivity (Wildman–Crippen MR) is 141 cm³/mol. The molecular weight excluding hydrogens is 480 g/mol. The van der Waals surface area contributed by atoms with Crippen LogP contribution in [0.3, 0.4) is 0 Å². The van der Waals surface area contributed by atoms with Gasteiger partial charge in [-0.2, -0.15) is 0 Å². The molecule has 1 atom stereocenters. The maximum absolute atomic E-state index is 13.0. The maximum Gasteiger partial charge on any atom is 0.329 e. The highest BCUT2D eigenvalue weighted by Crippen LogP contribution is 2.38. The highest BCUT2D eigenvalue weighted by molar-refractivity contribution is 7.99. The van der Waals surface area contributed by atoms with Gasteiger partial charge in [0.25, 0.3) is 0 Å². The monoisotopic (exact) mass is 510 g/mol. The molecule has 5 rings (SSSR count). The number of carbonyl (C=O) groups excluding carboxylic acids is 1. The summed E-state index contributed by atoms with van der Waals surface area (Å²) >= 11 is 3.14. The average molecular weight is 511 g/mol. The van der Waals surface area contributed by atoms with Crippen molar-refractivity contribution in [3.05, 3.63) is 58.1 Å². The van der Waals surface area contributed by atoms with E-state index in [4.69, 9.17) is 4.74 Å². The van der Waals surface area contributed by atoms with Crippen molar-refractivity contribution in [3.8, 4) is 17.0 Å². The van der Waals surface area contributed by atoms with Gasteiger partial charge in [0, 0.05) is 35.8 Å². The summed E-state index contributed by atoms with van der Waals surface area (Å²) < 4.78 is 9.69. The number of aromatic nitrogens is 1. The molecule has 3 aromatic rings. The second kappa shape index (κ2) is 10.6. The molecule has 2 amide bonds. The molecule has 0 saturated heterocycles. The number of anilines is 1. The van der Waals surface area contributed by atoms with Crippen LogP contribution in [0.15, 0.2) is 40.7 Å². The van der Waals surface area contributed by atoms with E-state index in [0.717, 1.165) is 59.8 Å². The Morgan fingerprint density at radius 1 is 1.26 bits per heavy atom. The third-order valence-electron chi connectivity index (χ3n) is 6.32. The predicted octanol–water partition coefficient (Wildman–Crippen LogP) is 4.88. The number of nitrogens with one attached hydrogen (secondary N) is 2. The number of carbonyl (C=O) groups is 1. The molecule has 184 valence electrons. The van der Waals surface area contributed by atoms with Crippen LogP contribution in [0.4, 0.5) is 10.5 Å². The number of urea groups is 1. The van der Waals surface area contributed by atoms with Gasteiger partial charge in [0.1, 0.15) is 6.61 Å². The number of hydrogen-bond donors (Lipinski definition) is 3. The lowest BCUT2D eigenvalue weighted by molar-refractivity contribution is 0.120. The lowest BCUT2D eigenvalue weighted by Gasteiger charge is -2.21. The first-order chi connectivity index (χ1) is 17.0. The smallest absolute Gasteiger partial charge is 0.329 e. The molecule has 0 spiro atoms. The van der Waals surface area contributed by atoms with Crippen LogP contribution >= 0.6 is 23.3 Å². The fourth-order valence-corrected chi connectivity index (χ4v) is 6.58. The number of hydrogen-bond acceptors (Lipinski definition) is 7. The number of ether oxygens (including phenoxy) is 1. The third-order valence-corrected chi connectivity index (χ3v) is 8.46. The molecule has 7 nitrogen and oxygen atoms in total. The summed E-state index contributed by atoms with van der Waals surface area (Å²) in [6.07, 6.45) is 5.22. The minimum Gasteiger partial charge on any atom is -0.475 e. The van der Waals surface area contributed by atoms with Gasteiger partial charge in [-0.25, -0.2) is 9.78 Å². The number of aryl methyl sites for hydroxylation is 1. The number of aliphatic hydroxyl groups is 1. The highest BCUT2D eigenvalue weighted by atomic mass is 32.2. The van der Waals surface area contributed by atoms with E-state index < -0.39 is 6.10 Å². The topological polar surface area (TPSA) is 86.7 Å². The number of benzene rings is 1. The summed E-state index contributed by atoms with van der Waals surface area (Å²) in [5, 5.41) is 12.7. The largest absolute Gasteiger partial charge is 0.475 e. The van der Waals surface area contributed by atoms with Crippen LogP contribution in [0.5, 0.6) is 5.88 Å². The van der Waals surface area contributed by atoms with Crippen molar-refractivity contribution in [2.24, 2.45) is 0 Å². The van der Waals surface area contributed by atoms with E-state index in [1.165, 1.54) is 33.5 Å². The van der Waals surface area contributed by atoms with E-state index in [-0.39, 0.29) is 12.6 Å². The molecule has 3 heterocycles. The Morgan fingerprint density at radius 3 is 3.00 bits per heavy atom. The molecular formula is C26H30N4O3S2. The Kier molecular flexibility index (Phi) is 7.29. The van der Waals surface area contributed by atoms with Crippen molar-refractivity contribution >= 4 is 35.0 Å². The SMILES string of the molecule is CC(O)COc1cc(-c2ccc3c(c2NC(=O)NSc2cc4c(s2)CCN(C)C4)CCC3)ccn1. The molecule has 0 radical (unpaired) electrons. The van der Waals surface area contributed by atoms with Gasteiger partial charge in [-0.3, -0.25) is 4.72 Å². The molecule has 1 aromatic carbocycles. The summed E-state index contributed by atoms with van der Waals surface area (Å²) in [5.41, 5.74) is 6.53. The van der Waals surface area contributed by atoms with Crippen LogP contribution in [-0.2, 0) is 25.8 Å². The van der Waals surface area contributed by atoms with Gasteiger partial charge in [0.2, 0.25) is 5.88 Å². The molecule has 0 saturated carbocycles. The number of amides is 2. The highest BCUT2D eigenvalue weighted by Gasteiger charge is 2.22. The first-order valence-electron chi connectivity index (χ1n) is 11.9. The van der Waals surface area contributed by atoms with E-state index in [0.29, 0.717) is 5.88 Å². The minimum atomic E-state index is -0.575. The van der Waals surface area contributed by atoms with Gasteiger partial charge in [-0.1, -0.05) is 12.1 Å². The second-order valence-corrected chi connectivity index (χ2v) is 11.4. The summed E-state index contributed by atoms with van der Waals surface area (Å²) in [4.78, 5) is 21.0. The number of fused-ring (bicyclic) bond motifs is 2. The van der Waals surface area contributed by atoms with E-state index in [1.54, 1.807) is 24.5 Å². The Labute approximate surface area is 214 Å². The molecule has 1 aliphatic heterocycles. The summed E-state index contributed by atoms with van der Waals surface area (Å²) in [6, 6.07) is 9.93. The molecule has 9 heteroatoms. The van der Waals surface area contributed by atoms with Gasteiger partial charge in [0.05, 0.1) is 16.0 Å². The zero-order valence-corrected chi connectivity index (χ0v) is 21.6. The number of nitrogens with zero attached hydrogens (tertiary/aromatic N) is 2. The van der Waals surface area contributed by atoms with E-state index in [2.05, 4.69) is 45.2 Å². The molecule has 0 fully saturated rings. The van der Waals surface area contributed by atoms with Gasteiger partial charge in [-0.05, 0) is 86.0 Å². The molecule has 35 heavy (non-hydrogen) atoms. The zero-order chi connectivity index (χ0) is 24.4. The van der Waals surface area contributed by atoms with Crippen LogP contribution in [0.25, 0.3) is 11.1 Å². The average Bonchev–Trinajstić information content (AvgIpc) is 3.48. The normalized spacial score (nSPS) is 15.9. The molecule has 1 aliphatic carbocycles. The number of rotatable bonds is 7. The van der Waals surface area contributed by atoms with Crippen molar-refractivity contribution in [1.29, 1.82) is 0 Å². The molecule has 1 unspecified atom stereocenters. The number of aliphatic hydroxyl groups excluding tert-OH is 1. The molecule has 3 N–H and O–H groups in total. The summed E-state index contributed by atoms with van der Waals surface area (Å²) in [5.74, 6) is 0.446. The van der Waals surface area contributed by atoms with Crippen molar-refractivity contribution in [3.63, 3.8) is 0 Å². The summed E-state index contributed by atoms with van der Waals surface area (Å²) in [7, 11) is 2.14. The van der Waals surface area contributed by atoms with Gasteiger partial charge in [-0.15, -0.1) is 11.3 Å². The van der Waals surface area contributed by atoms with Crippen LogP contribution in [0.1, 0.15) is 34.9 Å². The Bertz CT molecular complexity index is 1230. The van der Waals surface area contributed by atoms with Crippen molar-refractivity contribution in [2.75, 3.05) is 25.5 Å². The van der Waals surface area contributed by atoms with Gasteiger partial charge in [0.15, 0.2) is 0 Å². The number of thiophene rings is 1. The lowest BCUT2D eigenvalue weighted by Crippen LogP contribution is -2.25. The Morgan fingerprint density at radius 2 is 2.14 bits per heavy atom. The minimum absolute atomic E-state index is 0.174. The first-order valence-corrected chi connectivity index (χ1v) is 13.6. The number of likely N-dealkylation sites (N-methyl/N-ethyl adjacent to an activating group) is 1. The van der Waals surface area contributed by atoms with E-state index >= 15 is 0 Å². The Balaban J connectivity index is 1.33. The van der Waals surface area contributed by atoms with Gasteiger partial charge < -0.3 is 20.1 Å².